The van der Waals surface area contributed by atoms with Crippen molar-refractivity contribution in [3.8, 4) is 0 Å². The van der Waals surface area contributed by atoms with Crippen LogP contribution in [0.25, 0.3) is 0 Å². The van der Waals surface area contributed by atoms with Crippen LogP contribution in [0, 0.1) is 5.92 Å². The van der Waals surface area contributed by atoms with Crippen LogP contribution in [-0.4, -0.2) is 40.3 Å². The minimum atomic E-state index is -0.675. The highest BCUT2D eigenvalue weighted by Crippen LogP contribution is 2.30. The first-order valence-corrected chi connectivity index (χ1v) is 7.94. The molecule has 0 bridgehead atoms. The Morgan fingerprint density at radius 2 is 2.08 bits per heavy atom. The number of nitrogens with one attached hydrogen (secondary N) is 3. The Morgan fingerprint density at radius 1 is 1.29 bits per heavy atom. The van der Waals surface area contributed by atoms with Crippen molar-refractivity contribution in [3.05, 3.63) is 24.3 Å². The van der Waals surface area contributed by atoms with Gasteiger partial charge in [-0.1, -0.05) is 19.3 Å². The highest BCUT2D eigenvalue weighted by Gasteiger charge is 2.28. The van der Waals surface area contributed by atoms with Crippen LogP contribution in [0.3, 0.4) is 0 Å². The monoisotopic (exact) mass is 334 g/mol. The fourth-order valence-corrected chi connectivity index (χ4v) is 2.36. The minimum Gasteiger partial charge on any atom is -0.370 e. The van der Waals surface area contributed by atoms with Crippen LogP contribution in [-0.2, 0) is 9.59 Å². The highest BCUT2D eigenvalue weighted by molar-refractivity contribution is 5.95. The summed E-state index contributed by atoms with van der Waals surface area (Å²) in [6.07, 6.45) is 8.17. The van der Waals surface area contributed by atoms with Crippen LogP contribution >= 0.6 is 0 Å². The molecule has 1 aromatic rings. The van der Waals surface area contributed by atoms with Gasteiger partial charge in [-0.05, 0) is 12.3 Å². The summed E-state index contributed by atoms with van der Waals surface area (Å²) >= 11 is 0. The standard InChI is InChI=1S/C15H22N6O3/c16-13(22)4-5-19-21-15(24)11(8-10-2-1-3-10)20-14(23)12-9-17-6-7-18-12/h6-7,9-11,19H,1-5,8H2,(H2,16,22)(H,20,23)(H,21,24). The lowest BCUT2D eigenvalue weighted by Crippen LogP contribution is -2.52. The molecule has 1 saturated carbocycles. The summed E-state index contributed by atoms with van der Waals surface area (Å²) in [7, 11) is 0. The fraction of sp³-hybridized carbons (Fsp3) is 0.533. The van der Waals surface area contributed by atoms with Crippen LogP contribution in [0.1, 0.15) is 42.6 Å². The first-order chi connectivity index (χ1) is 11.6. The molecule has 0 radical (unpaired) electrons. The van der Waals surface area contributed by atoms with Crippen LogP contribution in [0.4, 0.5) is 0 Å². The number of carbonyl (C=O) groups excluding carboxylic acids is 3. The second-order valence-electron chi connectivity index (χ2n) is 5.78. The van der Waals surface area contributed by atoms with E-state index in [9.17, 15) is 14.4 Å². The van der Waals surface area contributed by atoms with Gasteiger partial charge in [-0.2, -0.15) is 0 Å². The number of hydrazine groups is 1. The lowest BCUT2D eigenvalue weighted by molar-refractivity contribution is -0.125. The van der Waals surface area contributed by atoms with E-state index in [0.29, 0.717) is 12.3 Å². The average molecular weight is 334 g/mol. The summed E-state index contributed by atoms with van der Waals surface area (Å²) in [6, 6.07) is -0.675. The molecule has 0 aromatic carbocycles. The van der Waals surface area contributed by atoms with Crippen LogP contribution in [0.5, 0.6) is 0 Å². The lowest BCUT2D eigenvalue weighted by Gasteiger charge is -2.29. The van der Waals surface area contributed by atoms with E-state index in [2.05, 4.69) is 26.1 Å². The predicted octanol–water partition coefficient (Wildman–Crippen LogP) is -0.739. The first kappa shape index (κ1) is 17.8. The zero-order valence-electron chi connectivity index (χ0n) is 13.3. The molecule has 9 nitrogen and oxygen atoms in total. The van der Waals surface area contributed by atoms with E-state index in [1.54, 1.807) is 0 Å². The molecule has 1 aliphatic carbocycles. The van der Waals surface area contributed by atoms with Crippen molar-refractivity contribution in [3.63, 3.8) is 0 Å². The van der Waals surface area contributed by atoms with Gasteiger partial charge in [-0.25, -0.2) is 10.4 Å². The first-order valence-electron chi connectivity index (χ1n) is 7.94. The number of aromatic nitrogens is 2. The van der Waals surface area contributed by atoms with Crippen molar-refractivity contribution >= 4 is 17.7 Å². The number of nitrogens with zero attached hydrogens (tertiary/aromatic N) is 2. The third-order valence-electron chi connectivity index (χ3n) is 3.92. The number of carbonyl (C=O) groups is 3. The van der Waals surface area contributed by atoms with Crippen LogP contribution < -0.4 is 21.9 Å². The van der Waals surface area contributed by atoms with Crippen LogP contribution in [0.15, 0.2) is 18.6 Å². The van der Waals surface area contributed by atoms with Crippen molar-refractivity contribution in [2.45, 2.75) is 38.1 Å². The highest BCUT2D eigenvalue weighted by atomic mass is 16.2. The van der Waals surface area contributed by atoms with E-state index >= 15 is 0 Å². The normalized spacial score (nSPS) is 15.2. The number of rotatable bonds is 9. The van der Waals surface area contributed by atoms with E-state index in [-0.39, 0.29) is 24.6 Å². The molecule has 130 valence electrons. The molecular weight excluding hydrogens is 312 g/mol. The molecule has 0 saturated heterocycles. The SMILES string of the molecule is NC(=O)CCNNC(=O)C(CC1CCC1)NC(=O)c1cnccn1. The Kier molecular flexibility index (Phi) is 6.62. The van der Waals surface area contributed by atoms with Gasteiger partial charge in [0.05, 0.1) is 6.20 Å². The van der Waals surface area contributed by atoms with E-state index in [1.165, 1.54) is 18.6 Å². The van der Waals surface area contributed by atoms with Gasteiger partial charge in [0, 0.05) is 25.4 Å². The Bertz CT molecular complexity index is 576. The second kappa shape index (κ2) is 8.92. The van der Waals surface area contributed by atoms with Crippen molar-refractivity contribution in [2.24, 2.45) is 11.7 Å². The quantitative estimate of drug-likeness (QED) is 0.346. The van der Waals surface area contributed by atoms with Crippen molar-refractivity contribution in [2.75, 3.05) is 6.54 Å². The van der Waals surface area contributed by atoms with E-state index < -0.39 is 17.9 Å². The minimum absolute atomic E-state index is 0.111. The summed E-state index contributed by atoms with van der Waals surface area (Å²) in [5.41, 5.74) is 10.3. The Hall–Kier alpha value is -2.55. The zero-order chi connectivity index (χ0) is 17.4. The molecule has 1 heterocycles. The average Bonchev–Trinajstić information content (AvgIpc) is 2.54. The Balaban J connectivity index is 1.89. The molecule has 2 rings (SSSR count). The molecular formula is C15H22N6O3. The molecule has 0 aliphatic heterocycles. The van der Waals surface area contributed by atoms with Gasteiger partial charge in [0.2, 0.25) is 5.91 Å². The summed E-state index contributed by atoms with van der Waals surface area (Å²) in [4.78, 5) is 42.9. The van der Waals surface area contributed by atoms with E-state index in [4.69, 9.17) is 5.73 Å². The molecule has 1 aliphatic rings. The number of primary amides is 1. The number of nitrogens with two attached hydrogens (primary N) is 1. The molecule has 24 heavy (non-hydrogen) atoms. The summed E-state index contributed by atoms with van der Waals surface area (Å²) in [5, 5.41) is 2.70. The van der Waals surface area contributed by atoms with Gasteiger partial charge >= 0.3 is 0 Å². The van der Waals surface area contributed by atoms with Gasteiger partial charge in [0.25, 0.3) is 11.8 Å². The molecule has 1 atom stereocenters. The smallest absolute Gasteiger partial charge is 0.272 e. The zero-order valence-corrected chi connectivity index (χ0v) is 13.3. The maximum Gasteiger partial charge on any atom is 0.272 e. The second-order valence-corrected chi connectivity index (χ2v) is 5.78. The molecule has 1 aromatic heterocycles. The van der Waals surface area contributed by atoms with Gasteiger partial charge in [-0.3, -0.25) is 24.8 Å². The number of hydrogen-bond acceptors (Lipinski definition) is 6. The maximum absolute atomic E-state index is 12.3. The van der Waals surface area contributed by atoms with E-state index in [0.717, 1.165) is 19.3 Å². The fourth-order valence-electron chi connectivity index (χ4n) is 2.36. The summed E-state index contributed by atoms with van der Waals surface area (Å²) < 4.78 is 0. The molecule has 1 fully saturated rings. The third-order valence-corrected chi connectivity index (χ3v) is 3.92. The lowest BCUT2D eigenvalue weighted by atomic mass is 9.80. The van der Waals surface area contributed by atoms with Gasteiger partial charge in [-0.15, -0.1) is 0 Å². The molecule has 3 amide bonds. The maximum atomic E-state index is 12.3. The summed E-state index contributed by atoms with van der Waals surface area (Å²) in [6.45, 7) is 0.231. The molecule has 1 unspecified atom stereocenters. The molecule has 9 heteroatoms. The van der Waals surface area contributed by atoms with E-state index in [1.807, 2.05) is 0 Å². The largest absolute Gasteiger partial charge is 0.370 e. The summed E-state index contributed by atoms with van der Waals surface area (Å²) in [5.74, 6) is -0.837. The van der Waals surface area contributed by atoms with Crippen molar-refractivity contribution < 1.29 is 14.4 Å². The van der Waals surface area contributed by atoms with Crippen molar-refractivity contribution in [1.29, 1.82) is 0 Å². The van der Waals surface area contributed by atoms with Crippen LogP contribution in [0.2, 0.25) is 0 Å². The topological polar surface area (TPSA) is 139 Å². The number of amides is 3. The van der Waals surface area contributed by atoms with Gasteiger partial charge < -0.3 is 11.1 Å². The predicted molar refractivity (Wildman–Crippen MR) is 85.2 cm³/mol. The Labute approximate surface area is 139 Å². The Morgan fingerprint density at radius 3 is 2.67 bits per heavy atom. The van der Waals surface area contributed by atoms with Gasteiger partial charge in [0.15, 0.2) is 0 Å². The third kappa shape index (κ3) is 5.58. The van der Waals surface area contributed by atoms with Crippen molar-refractivity contribution in [1.82, 2.24) is 26.1 Å². The van der Waals surface area contributed by atoms with Gasteiger partial charge in [0.1, 0.15) is 11.7 Å². The number of hydrogen-bond donors (Lipinski definition) is 4. The molecule has 5 N–H and O–H groups in total. The molecule has 0 spiro atoms.